The van der Waals surface area contributed by atoms with Crippen LogP contribution < -0.4 is 0 Å². The normalized spacial score (nSPS) is 18.1. The third-order valence-electron chi connectivity index (χ3n) is 4.08. The molecule has 3 rings (SSSR count). The van der Waals surface area contributed by atoms with Gasteiger partial charge in [0.25, 0.3) is 5.91 Å². The Morgan fingerprint density at radius 1 is 1.12 bits per heavy atom. The van der Waals surface area contributed by atoms with E-state index in [-0.39, 0.29) is 17.6 Å². The van der Waals surface area contributed by atoms with Crippen molar-refractivity contribution < 1.29 is 14.0 Å². The van der Waals surface area contributed by atoms with Crippen LogP contribution in [0, 0.1) is 5.82 Å². The molecule has 25 heavy (non-hydrogen) atoms. The highest BCUT2D eigenvalue weighted by Gasteiger charge is 2.32. The topological polar surface area (TPSA) is 37.4 Å². The molecule has 2 aromatic rings. The molecule has 1 saturated heterocycles. The maximum absolute atomic E-state index is 13.9. The van der Waals surface area contributed by atoms with Gasteiger partial charge in [-0.15, -0.1) is 11.8 Å². The van der Waals surface area contributed by atoms with Crippen molar-refractivity contribution in [3.05, 3.63) is 64.9 Å². The molecule has 130 valence electrons. The van der Waals surface area contributed by atoms with Gasteiger partial charge in [0.05, 0.1) is 5.25 Å². The van der Waals surface area contributed by atoms with Gasteiger partial charge in [0.15, 0.2) is 0 Å². The molecule has 2 amide bonds. The fourth-order valence-corrected chi connectivity index (χ4v) is 4.04. The van der Waals surface area contributed by atoms with E-state index >= 15 is 0 Å². The summed E-state index contributed by atoms with van der Waals surface area (Å²) in [5.41, 5.74) is 0.425. The van der Waals surface area contributed by atoms with Crippen LogP contribution >= 0.6 is 23.4 Å². The Morgan fingerprint density at radius 2 is 1.84 bits per heavy atom. The zero-order chi connectivity index (χ0) is 17.8. The highest BCUT2D eigenvalue weighted by molar-refractivity contribution is 8.00. The van der Waals surface area contributed by atoms with Crippen LogP contribution in [0.5, 0.6) is 0 Å². The number of rotatable bonds is 3. The second-order valence-corrected chi connectivity index (χ2v) is 7.52. The average molecular weight is 378 g/mol. The van der Waals surface area contributed by atoms with Crippen LogP contribution in [0.2, 0.25) is 5.02 Å². The largest absolute Gasteiger partial charge is 0.278 e. The molecule has 0 radical (unpaired) electrons. The molecule has 1 aliphatic heterocycles. The molecule has 1 unspecified atom stereocenters. The van der Waals surface area contributed by atoms with Crippen molar-refractivity contribution in [2.45, 2.75) is 29.4 Å². The van der Waals surface area contributed by atoms with E-state index in [1.54, 1.807) is 42.5 Å². The van der Waals surface area contributed by atoms with E-state index in [1.807, 2.05) is 0 Å². The summed E-state index contributed by atoms with van der Waals surface area (Å²) in [6, 6.07) is 12.9. The fraction of sp³-hybridized carbons (Fsp3) is 0.263. The number of nitrogens with zero attached hydrogens (tertiary/aromatic N) is 1. The molecule has 0 N–H and O–H groups in total. The molecule has 0 bridgehead atoms. The summed E-state index contributed by atoms with van der Waals surface area (Å²) >= 11 is 7.05. The number of likely N-dealkylation sites (tertiary alicyclic amines) is 1. The van der Waals surface area contributed by atoms with Crippen LogP contribution in [0.25, 0.3) is 0 Å². The lowest BCUT2D eigenvalue weighted by Crippen LogP contribution is -2.41. The van der Waals surface area contributed by atoms with Crippen molar-refractivity contribution in [3.63, 3.8) is 0 Å². The molecule has 6 heteroatoms. The number of carbonyl (C=O) groups excluding carboxylic acids is 2. The Morgan fingerprint density at radius 3 is 2.56 bits per heavy atom. The maximum atomic E-state index is 13.9. The van der Waals surface area contributed by atoms with E-state index in [0.717, 1.165) is 12.8 Å². The number of benzene rings is 2. The highest BCUT2D eigenvalue weighted by atomic mass is 35.5. The number of imide groups is 1. The molecule has 3 nitrogen and oxygen atoms in total. The van der Waals surface area contributed by atoms with Crippen molar-refractivity contribution >= 4 is 35.2 Å². The molecule has 0 aromatic heterocycles. The Kier molecular flexibility index (Phi) is 5.76. The van der Waals surface area contributed by atoms with E-state index in [2.05, 4.69) is 0 Å². The first-order chi connectivity index (χ1) is 12.1. The number of thioether (sulfide) groups is 1. The summed E-state index contributed by atoms with van der Waals surface area (Å²) in [6.45, 7) is 0.384. The van der Waals surface area contributed by atoms with Crippen molar-refractivity contribution in [2.75, 3.05) is 6.54 Å². The van der Waals surface area contributed by atoms with Gasteiger partial charge in [-0.2, -0.15) is 0 Å². The molecular weight excluding hydrogens is 361 g/mol. The van der Waals surface area contributed by atoms with Crippen molar-refractivity contribution in [1.82, 2.24) is 4.90 Å². The summed E-state index contributed by atoms with van der Waals surface area (Å²) in [7, 11) is 0. The average Bonchev–Trinajstić information content (AvgIpc) is 2.79. The van der Waals surface area contributed by atoms with Crippen LogP contribution in [0.15, 0.2) is 53.4 Å². The van der Waals surface area contributed by atoms with E-state index < -0.39 is 5.25 Å². The molecule has 0 aliphatic carbocycles. The van der Waals surface area contributed by atoms with Gasteiger partial charge in [-0.05, 0) is 49.2 Å². The van der Waals surface area contributed by atoms with Crippen molar-refractivity contribution in [3.8, 4) is 0 Å². The lowest BCUT2D eigenvalue weighted by Gasteiger charge is -2.22. The van der Waals surface area contributed by atoms with Gasteiger partial charge >= 0.3 is 0 Å². The van der Waals surface area contributed by atoms with E-state index in [4.69, 9.17) is 11.6 Å². The molecule has 1 heterocycles. The Hall–Kier alpha value is -1.85. The minimum absolute atomic E-state index is 0.259. The smallest absolute Gasteiger partial charge is 0.260 e. The quantitative estimate of drug-likeness (QED) is 0.721. The zero-order valence-electron chi connectivity index (χ0n) is 13.5. The number of hydrogen-bond donors (Lipinski definition) is 0. The standard InChI is InChI=1S/C19H17ClFNO2S/c20-14-10-8-13(9-11-14)18(23)22-12-4-3-7-17(19(22)24)25-16-6-2-1-5-15(16)21/h1-2,5-6,8-11,17H,3-4,7,12H2. The van der Waals surface area contributed by atoms with Crippen molar-refractivity contribution in [2.24, 2.45) is 0 Å². The number of carbonyl (C=O) groups is 2. The molecule has 1 atom stereocenters. The second-order valence-electron chi connectivity index (χ2n) is 5.83. The first-order valence-electron chi connectivity index (χ1n) is 8.09. The van der Waals surface area contributed by atoms with E-state index in [0.29, 0.717) is 28.4 Å². The van der Waals surface area contributed by atoms with Gasteiger partial charge < -0.3 is 0 Å². The SMILES string of the molecule is O=C(c1ccc(Cl)cc1)N1CCCCC(Sc2ccccc2F)C1=O. The predicted molar refractivity (Wildman–Crippen MR) is 97.4 cm³/mol. The zero-order valence-corrected chi connectivity index (χ0v) is 15.0. The van der Waals surface area contributed by atoms with Gasteiger partial charge in [0.1, 0.15) is 5.82 Å². The maximum Gasteiger partial charge on any atom is 0.260 e. The number of halogens is 2. The molecule has 1 aliphatic rings. The minimum Gasteiger partial charge on any atom is -0.278 e. The van der Waals surface area contributed by atoms with Crippen LogP contribution in [0.3, 0.4) is 0 Å². The van der Waals surface area contributed by atoms with E-state index in [1.165, 1.54) is 22.7 Å². The van der Waals surface area contributed by atoms with Crippen molar-refractivity contribution in [1.29, 1.82) is 0 Å². The van der Waals surface area contributed by atoms with Gasteiger partial charge in [0.2, 0.25) is 5.91 Å². The third-order valence-corrected chi connectivity index (χ3v) is 5.64. The van der Waals surface area contributed by atoms with Gasteiger partial charge in [-0.25, -0.2) is 4.39 Å². The molecule has 0 spiro atoms. The van der Waals surface area contributed by atoms with Crippen LogP contribution in [0.1, 0.15) is 29.6 Å². The Balaban J connectivity index is 1.80. The summed E-state index contributed by atoms with van der Waals surface area (Å²) in [5.74, 6) is -0.937. The predicted octanol–water partition coefficient (Wildman–Crippen LogP) is 4.79. The Labute approximate surface area is 155 Å². The summed E-state index contributed by atoms with van der Waals surface area (Å²) in [6.07, 6.45) is 2.20. The molecule has 1 fully saturated rings. The first-order valence-corrected chi connectivity index (χ1v) is 9.34. The lowest BCUT2D eigenvalue weighted by atomic mass is 10.2. The Bertz CT molecular complexity index is 781. The highest BCUT2D eigenvalue weighted by Crippen LogP contribution is 2.32. The summed E-state index contributed by atoms with van der Waals surface area (Å²) < 4.78 is 13.9. The minimum atomic E-state index is -0.462. The molecule has 0 saturated carbocycles. The number of amides is 2. The monoisotopic (exact) mass is 377 g/mol. The molecular formula is C19H17ClFNO2S. The number of hydrogen-bond acceptors (Lipinski definition) is 3. The van der Waals surface area contributed by atoms with Crippen LogP contribution in [0.4, 0.5) is 4.39 Å². The van der Waals surface area contributed by atoms with Gasteiger partial charge in [-0.1, -0.05) is 30.2 Å². The lowest BCUT2D eigenvalue weighted by molar-refractivity contribution is -0.127. The van der Waals surface area contributed by atoms with Gasteiger partial charge in [0, 0.05) is 22.0 Å². The van der Waals surface area contributed by atoms with Gasteiger partial charge in [-0.3, -0.25) is 14.5 Å². The molecule has 2 aromatic carbocycles. The third kappa shape index (κ3) is 4.22. The van der Waals surface area contributed by atoms with E-state index in [9.17, 15) is 14.0 Å². The fourth-order valence-electron chi connectivity index (χ4n) is 2.76. The van der Waals surface area contributed by atoms with Crippen LogP contribution in [-0.4, -0.2) is 28.5 Å². The first kappa shape index (κ1) is 18.0. The summed E-state index contributed by atoms with van der Waals surface area (Å²) in [5, 5.41) is 0.0716. The second kappa shape index (κ2) is 8.02. The summed E-state index contributed by atoms with van der Waals surface area (Å²) in [4.78, 5) is 27.3. The van der Waals surface area contributed by atoms with Crippen LogP contribution in [-0.2, 0) is 4.79 Å².